The molecule has 2 unspecified atom stereocenters. The summed E-state index contributed by atoms with van der Waals surface area (Å²) in [7, 11) is 0. The van der Waals surface area contributed by atoms with E-state index in [2.05, 4.69) is 44.3 Å². The van der Waals surface area contributed by atoms with Crippen LogP contribution in [-0.4, -0.2) is 19.3 Å². The Kier molecular flexibility index (Phi) is 6.72. The third-order valence-electron chi connectivity index (χ3n) is 4.63. The van der Waals surface area contributed by atoms with Crippen molar-refractivity contribution in [1.29, 1.82) is 0 Å². The van der Waals surface area contributed by atoms with Crippen LogP contribution < -0.4 is 5.32 Å². The second-order valence-corrected chi connectivity index (χ2v) is 6.42. The molecular formula is C19H31NO. The van der Waals surface area contributed by atoms with Crippen molar-refractivity contribution in [3.8, 4) is 0 Å². The number of ether oxygens (including phenoxy) is 1. The molecule has 2 atom stereocenters. The van der Waals surface area contributed by atoms with Crippen molar-refractivity contribution >= 4 is 0 Å². The Labute approximate surface area is 130 Å². The molecule has 1 saturated heterocycles. The lowest BCUT2D eigenvalue weighted by atomic mass is 9.95. The quantitative estimate of drug-likeness (QED) is 0.786. The monoisotopic (exact) mass is 289 g/mol. The normalized spacial score (nSPS) is 20.4. The average Bonchev–Trinajstić information content (AvgIpc) is 2.51. The first-order valence-electron chi connectivity index (χ1n) is 8.63. The molecule has 0 amide bonds. The summed E-state index contributed by atoms with van der Waals surface area (Å²) in [6, 6.07) is 7.36. The van der Waals surface area contributed by atoms with Crippen LogP contribution in [0.3, 0.4) is 0 Å². The van der Waals surface area contributed by atoms with Gasteiger partial charge in [-0.25, -0.2) is 0 Å². The van der Waals surface area contributed by atoms with Gasteiger partial charge < -0.3 is 10.1 Å². The van der Waals surface area contributed by atoms with Crippen LogP contribution in [0, 0.1) is 13.8 Å². The van der Waals surface area contributed by atoms with Gasteiger partial charge in [-0.2, -0.15) is 0 Å². The molecule has 1 heterocycles. The van der Waals surface area contributed by atoms with Gasteiger partial charge in [0.05, 0.1) is 6.10 Å². The Balaban J connectivity index is 1.97. The first-order chi connectivity index (χ1) is 10.2. The second-order valence-electron chi connectivity index (χ2n) is 6.42. The van der Waals surface area contributed by atoms with Gasteiger partial charge in [0, 0.05) is 12.6 Å². The van der Waals surface area contributed by atoms with Gasteiger partial charge in [0.2, 0.25) is 0 Å². The van der Waals surface area contributed by atoms with Crippen molar-refractivity contribution in [2.75, 3.05) is 13.2 Å². The fourth-order valence-electron chi connectivity index (χ4n) is 3.07. The molecule has 1 aromatic rings. The SMILES string of the molecule is CCCNC(CCC1CCCCO1)c1ccc(C)c(C)c1. The number of nitrogens with one attached hydrogen (secondary N) is 1. The summed E-state index contributed by atoms with van der Waals surface area (Å²) >= 11 is 0. The lowest BCUT2D eigenvalue weighted by Gasteiger charge is -2.26. The lowest BCUT2D eigenvalue weighted by Crippen LogP contribution is -2.25. The van der Waals surface area contributed by atoms with Gasteiger partial charge in [-0.1, -0.05) is 25.1 Å². The third kappa shape index (κ3) is 5.12. The van der Waals surface area contributed by atoms with E-state index >= 15 is 0 Å². The van der Waals surface area contributed by atoms with Crippen molar-refractivity contribution in [2.45, 2.75) is 71.4 Å². The highest BCUT2D eigenvalue weighted by molar-refractivity contribution is 5.31. The third-order valence-corrected chi connectivity index (χ3v) is 4.63. The van der Waals surface area contributed by atoms with Crippen molar-refractivity contribution in [3.63, 3.8) is 0 Å². The number of hydrogen-bond acceptors (Lipinski definition) is 2. The molecular weight excluding hydrogens is 258 g/mol. The summed E-state index contributed by atoms with van der Waals surface area (Å²) in [6.45, 7) is 8.67. The van der Waals surface area contributed by atoms with Crippen LogP contribution in [0.15, 0.2) is 18.2 Å². The molecule has 0 radical (unpaired) electrons. The predicted molar refractivity (Wildman–Crippen MR) is 89.8 cm³/mol. The van der Waals surface area contributed by atoms with Gasteiger partial charge in [0.25, 0.3) is 0 Å². The molecule has 1 N–H and O–H groups in total. The largest absolute Gasteiger partial charge is 0.378 e. The van der Waals surface area contributed by atoms with Crippen molar-refractivity contribution in [3.05, 3.63) is 34.9 Å². The average molecular weight is 289 g/mol. The maximum absolute atomic E-state index is 5.88. The van der Waals surface area contributed by atoms with Crippen molar-refractivity contribution < 1.29 is 4.74 Å². The molecule has 2 rings (SSSR count). The van der Waals surface area contributed by atoms with Crippen LogP contribution in [0.4, 0.5) is 0 Å². The van der Waals surface area contributed by atoms with Crippen LogP contribution >= 0.6 is 0 Å². The molecule has 1 aliphatic rings. The Morgan fingerprint density at radius 1 is 1.24 bits per heavy atom. The molecule has 21 heavy (non-hydrogen) atoms. The highest BCUT2D eigenvalue weighted by Gasteiger charge is 2.17. The Hall–Kier alpha value is -0.860. The summed E-state index contributed by atoms with van der Waals surface area (Å²) in [5, 5.41) is 3.72. The van der Waals surface area contributed by atoms with Crippen LogP contribution in [-0.2, 0) is 4.74 Å². The van der Waals surface area contributed by atoms with E-state index in [0.717, 1.165) is 13.2 Å². The van der Waals surface area contributed by atoms with Gasteiger partial charge in [-0.15, -0.1) is 0 Å². The number of aryl methyl sites for hydroxylation is 2. The predicted octanol–water partition coefficient (Wildman–Crippen LogP) is 4.69. The van der Waals surface area contributed by atoms with Crippen molar-refractivity contribution in [2.24, 2.45) is 0 Å². The van der Waals surface area contributed by atoms with Gasteiger partial charge >= 0.3 is 0 Å². The Morgan fingerprint density at radius 2 is 2.10 bits per heavy atom. The van der Waals surface area contributed by atoms with Crippen LogP contribution in [0.2, 0.25) is 0 Å². The fourth-order valence-corrected chi connectivity index (χ4v) is 3.07. The number of hydrogen-bond donors (Lipinski definition) is 1. The van der Waals surface area contributed by atoms with Crippen LogP contribution in [0.5, 0.6) is 0 Å². The molecule has 0 aromatic heterocycles. The minimum Gasteiger partial charge on any atom is -0.378 e. The van der Waals surface area contributed by atoms with E-state index < -0.39 is 0 Å². The second kappa shape index (κ2) is 8.55. The van der Waals surface area contributed by atoms with Gasteiger partial charge in [0.15, 0.2) is 0 Å². The molecule has 2 nitrogen and oxygen atoms in total. The summed E-state index contributed by atoms with van der Waals surface area (Å²) in [4.78, 5) is 0. The minimum absolute atomic E-state index is 0.467. The van der Waals surface area contributed by atoms with E-state index in [-0.39, 0.29) is 0 Å². The molecule has 0 aliphatic carbocycles. The van der Waals surface area contributed by atoms with Crippen LogP contribution in [0.25, 0.3) is 0 Å². The zero-order valence-electron chi connectivity index (χ0n) is 14.0. The van der Waals surface area contributed by atoms with E-state index in [1.807, 2.05) is 0 Å². The first kappa shape index (κ1) is 16.5. The standard InChI is InChI=1S/C19H31NO/c1-4-12-20-19(11-10-18-7-5-6-13-21-18)17-9-8-15(2)16(3)14-17/h8-9,14,18-20H,4-7,10-13H2,1-3H3. The molecule has 2 heteroatoms. The Morgan fingerprint density at radius 3 is 2.76 bits per heavy atom. The zero-order valence-corrected chi connectivity index (χ0v) is 14.0. The first-order valence-corrected chi connectivity index (χ1v) is 8.63. The zero-order chi connectivity index (χ0) is 15.1. The van der Waals surface area contributed by atoms with Crippen LogP contribution in [0.1, 0.15) is 68.2 Å². The number of rotatable bonds is 7. The maximum atomic E-state index is 5.88. The van der Waals surface area contributed by atoms with Gasteiger partial charge in [-0.3, -0.25) is 0 Å². The molecule has 1 fully saturated rings. The minimum atomic E-state index is 0.467. The summed E-state index contributed by atoms with van der Waals surface area (Å²) < 4.78 is 5.88. The molecule has 118 valence electrons. The molecule has 0 bridgehead atoms. The van der Waals surface area contributed by atoms with E-state index in [1.54, 1.807) is 0 Å². The topological polar surface area (TPSA) is 21.3 Å². The summed E-state index contributed by atoms with van der Waals surface area (Å²) in [5.41, 5.74) is 4.20. The van der Waals surface area contributed by atoms with E-state index in [1.165, 1.54) is 55.2 Å². The molecule has 1 aromatic carbocycles. The lowest BCUT2D eigenvalue weighted by molar-refractivity contribution is 0.00854. The molecule has 0 spiro atoms. The fraction of sp³-hybridized carbons (Fsp3) is 0.684. The summed E-state index contributed by atoms with van der Waals surface area (Å²) in [6.07, 6.45) is 7.83. The Bertz CT molecular complexity index is 424. The number of benzene rings is 1. The van der Waals surface area contributed by atoms with Gasteiger partial charge in [0.1, 0.15) is 0 Å². The smallest absolute Gasteiger partial charge is 0.0575 e. The summed E-state index contributed by atoms with van der Waals surface area (Å²) in [5.74, 6) is 0. The molecule has 0 saturated carbocycles. The maximum Gasteiger partial charge on any atom is 0.0575 e. The molecule has 1 aliphatic heterocycles. The van der Waals surface area contributed by atoms with E-state index in [9.17, 15) is 0 Å². The highest BCUT2D eigenvalue weighted by Crippen LogP contribution is 2.25. The van der Waals surface area contributed by atoms with Crippen molar-refractivity contribution in [1.82, 2.24) is 5.32 Å². The van der Waals surface area contributed by atoms with E-state index in [0.29, 0.717) is 12.1 Å². The highest BCUT2D eigenvalue weighted by atomic mass is 16.5. The van der Waals surface area contributed by atoms with Gasteiger partial charge in [-0.05, 0) is 75.6 Å². The van der Waals surface area contributed by atoms with E-state index in [4.69, 9.17) is 4.74 Å².